The minimum Gasteiger partial charge on any atom is -0.481 e. The summed E-state index contributed by atoms with van der Waals surface area (Å²) in [6.45, 7) is 0. The van der Waals surface area contributed by atoms with Crippen LogP contribution in [0.15, 0.2) is 0 Å². The smallest absolute Gasteiger partial charge is 0.303 e. The average molecular weight is 342 g/mol. The van der Waals surface area contributed by atoms with Crippen molar-refractivity contribution in [1.82, 2.24) is 0 Å². The molecule has 0 aromatic carbocycles. The minimum atomic E-state index is -1.07. The Morgan fingerprint density at radius 1 is 0.375 bits per heavy atom. The summed E-state index contributed by atoms with van der Waals surface area (Å²) < 4.78 is 0. The number of carboxylic acids is 2. The molecule has 0 aromatic rings. The van der Waals surface area contributed by atoms with Gasteiger partial charge in [-0.3, -0.25) is 28.8 Å². The van der Waals surface area contributed by atoms with E-state index in [1.807, 2.05) is 0 Å². The van der Waals surface area contributed by atoms with Crippen molar-refractivity contribution >= 4 is 35.1 Å². The van der Waals surface area contributed by atoms with Gasteiger partial charge < -0.3 is 10.2 Å². The van der Waals surface area contributed by atoms with Gasteiger partial charge in [-0.1, -0.05) is 0 Å². The van der Waals surface area contributed by atoms with Crippen molar-refractivity contribution < 1.29 is 39.0 Å². The van der Waals surface area contributed by atoms with Crippen LogP contribution in [-0.4, -0.2) is 45.3 Å². The number of hydrogen-bond donors (Lipinski definition) is 2. The summed E-state index contributed by atoms with van der Waals surface area (Å²) in [5, 5.41) is 16.9. The molecule has 0 aromatic heterocycles. The van der Waals surface area contributed by atoms with E-state index in [2.05, 4.69) is 0 Å². The molecule has 0 saturated heterocycles. The average Bonchev–Trinajstić information content (AvgIpc) is 2.52. The lowest BCUT2D eigenvalue weighted by atomic mass is 10.0. The number of Topliss-reactive ketones (excluding diaryl/α,β-unsaturated/α-hetero) is 4. The van der Waals surface area contributed by atoms with E-state index >= 15 is 0 Å². The molecule has 0 heterocycles. The number of ketones is 4. The third-order valence-corrected chi connectivity index (χ3v) is 3.28. The number of carbonyl (C=O) groups excluding carboxylic acids is 4. The lowest BCUT2D eigenvalue weighted by molar-refractivity contribution is -0.139. The Balaban J connectivity index is 3.80. The molecule has 2 N–H and O–H groups in total. The largest absolute Gasteiger partial charge is 0.481 e. The molecule has 0 aliphatic carbocycles. The summed E-state index contributed by atoms with van der Waals surface area (Å²) in [5.41, 5.74) is 0. The van der Waals surface area contributed by atoms with Crippen molar-refractivity contribution in [3.63, 3.8) is 0 Å². The molecule has 0 bridgehead atoms. The third-order valence-electron chi connectivity index (χ3n) is 3.28. The first kappa shape index (κ1) is 21.6. The molecule has 0 fully saturated rings. The summed E-state index contributed by atoms with van der Waals surface area (Å²) in [6.07, 6.45) is -0.903. The van der Waals surface area contributed by atoms with E-state index in [-0.39, 0.29) is 87.3 Å². The maximum Gasteiger partial charge on any atom is 0.303 e. The summed E-state index contributed by atoms with van der Waals surface area (Å²) in [6, 6.07) is 0. The van der Waals surface area contributed by atoms with Crippen LogP contribution < -0.4 is 0 Å². The van der Waals surface area contributed by atoms with Crippen LogP contribution >= 0.6 is 0 Å². The summed E-state index contributed by atoms with van der Waals surface area (Å²) in [4.78, 5) is 66.3. The van der Waals surface area contributed by atoms with E-state index in [0.717, 1.165) is 0 Å². The van der Waals surface area contributed by atoms with Gasteiger partial charge in [-0.2, -0.15) is 0 Å². The van der Waals surface area contributed by atoms with E-state index in [4.69, 9.17) is 10.2 Å². The van der Waals surface area contributed by atoms with Crippen molar-refractivity contribution in [2.45, 2.75) is 64.2 Å². The van der Waals surface area contributed by atoms with E-state index in [1.54, 1.807) is 0 Å². The highest BCUT2D eigenvalue weighted by atomic mass is 16.4. The van der Waals surface area contributed by atoms with E-state index in [9.17, 15) is 28.8 Å². The van der Waals surface area contributed by atoms with Crippen LogP contribution in [0.2, 0.25) is 0 Å². The van der Waals surface area contributed by atoms with Crippen LogP contribution in [0.5, 0.6) is 0 Å². The standard InChI is InChI=1S/C16H22O8/c17-11(3-5-13(19)7-9-15(21)22)1-2-12(18)4-6-14(20)8-10-16(23)24/h1-10H2,(H,21,22)(H,23,24). The van der Waals surface area contributed by atoms with Crippen LogP contribution in [-0.2, 0) is 28.8 Å². The molecular formula is C16H22O8. The van der Waals surface area contributed by atoms with Gasteiger partial charge in [0, 0.05) is 51.4 Å². The predicted molar refractivity (Wildman–Crippen MR) is 81.5 cm³/mol. The molecule has 0 atom stereocenters. The van der Waals surface area contributed by atoms with Crippen molar-refractivity contribution in [3.05, 3.63) is 0 Å². The lowest BCUT2D eigenvalue weighted by Crippen LogP contribution is -2.10. The van der Waals surface area contributed by atoms with E-state index < -0.39 is 11.9 Å². The lowest BCUT2D eigenvalue weighted by Gasteiger charge is -2.02. The van der Waals surface area contributed by atoms with Gasteiger partial charge in [0.2, 0.25) is 0 Å². The van der Waals surface area contributed by atoms with Crippen LogP contribution in [0.3, 0.4) is 0 Å². The summed E-state index contributed by atoms with van der Waals surface area (Å²) >= 11 is 0. The number of hydrogen-bond acceptors (Lipinski definition) is 6. The monoisotopic (exact) mass is 342 g/mol. The van der Waals surface area contributed by atoms with Crippen LogP contribution in [0.1, 0.15) is 64.2 Å². The normalized spacial score (nSPS) is 10.2. The molecule has 0 amide bonds. The first-order valence-electron chi connectivity index (χ1n) is 7.71. The molecule has 0 aliphatic heterocycles. The summed E-state index contributed by atoms with van der Waals surface area (Å²) in [7, 11) is 0. The Bertz CT molecular complexity index is 460. The highest BCUT2D eigenvalue weighted by Crippen LogP contribution is 2.07. The molecule has 0 unspecified atom stereocenters. The van der Waals surface area contributed by atoms with Crippen molar-refractivity contribution in [2.24, 2.45) is 0 Å². The van der Waals surface area contributed by atoms with Gasteiger partial charge in [-0.05, 0) is 0 Å². The number of aliphatic carboxylic acids is 2. The van der Waals surface area contributed by atoms with Crippen LogP contribution in [0, 0.1) is 0 Å². The van der Waals surface area contributed by atoms with Crippen LogP contribution in [0.25, 0.3) is 0 Å². The first-order chi connectivity index (χ1) is 11.2. The Hall–Kier alpha value is -2.38. The number of rotatable bonds is 15. The Morgan fingerprint density at radius 3 is 0.708 bits per heavy atom. The molecule has 0 spiro atoms. The van der Waals surface area contributed by atoms with Gasteiger partial charge >= 0.3 is 11.9 Å². The Kier molecular flexibility index (Phi) is 10.9. The third kappa shape index (κ3) is 13.3. The van der Waals surface area contributed by atoms with Crippen LogP contribution in [0.4, 0.5) is 0 Å². The molecule has 0 radical (unpaired) electrons. The zero-order valence-corrected chi connectivity index (χ0v) is 13.4. The molecule has 8 heteroatoms. The fraction of sp³-hybridized carbons (Fsp3) is 0.625. The van der Waals surface area contributed by atoms with Gasteiger partial charge in [-0.15, -0.1) is 0 Å². The van der Waals surface area contributed by atoms with Gasteiger partial charge in [0.15, 0.2) is 0 Å². The first-order valence-corrected chi connectivity index (χ1v) is 7.71. The molecule has 0 rings (SSSR count). The van der Waals surface area contributed by atoms with Gasteiger partial charge in [-0.25, -0.2) is 0 Å². The van der Waals surface area contributed by atoms with E-state index in [0.29, 0.717) is 0 Å². The second-order valence-corrected chi connectivity index (χ2v) is 5.44. The molecule has 0 aliphatic rings. The number of carbonyl (C=O) groups is 6. The van der Waals surface area contributed by atoms with Gasteiger partial charge in [0.05, 0.1) is 12.8 Å². The van der Waals surface area contributed by atoms with E-state index in [1.165, 1.54) is 0 Å². The quantitative estimate of drug-likeness (QED) is 0.454. The second-order valence-electron chi connectivity index (χ2n) is 5.44. The predicted octanol–water partition coefficient (Wildman–Crippen LogP) is 1.33. The fourth-order valence-electron chi connectivity index (χ4n) is 1.83. The second kappa shape index (κ2) is 12.1. The zero-order chi connectivity index (χ0) is 18.5. The fourth-order valence-corrected chi connectivity index (χ4v) is 1.83. The summed E-state index contributed by atoms with van der Waals surface area (Å²) in [5.74, 6) is -3.27. The maximum atomic E-state index is 11.6. The van der Waals surface area contributed by atoms with Crippen molar-refractivity contribution in [1.29, 1.82) is 0 Å². The molecular weight excluding hydrogens is 320 g/mol. The minimum absolute atomic E-state index is 0.0195. The topological polar surface area (TPSA) is 143 Å². The van der Waals surface area contributed by atoms with Crippen molar-refractivity contribution in [3.8, 4) is 0 Å². The molecule has 8 nitrogen and oxygen atoms in total. The SMILES string of the molecule is O=C(O)CCC(=O)CCC(=O)CCC(=O)CCC(=O)CCC(=O)O. The molecule has 134 valence electrons. The highest BCUT2D eigenvalue weighted by molar-refractivity contribution is 5.91. The Morgan fingerprint density at radius 2 is 0.542 bits per heavy atom. The maximum absolute atomic E-state index is 11.6. The number of carboxylic acid groups (broad SMARTS) is 2. The highest BCUT2D eigenvalue weighted by Gasteiger charge is 2.12. The zero-order valence-electron chi connectivity index (χ0n) is 13.4. The van der Waals surface area contributed by atoms with Gasteiger partial charge in [0.1, 0.15) is 23.1 Å². The van der Waals surface area contributed by atoms with Crippen molar-refractivity contribution in [2.75, 3.05) is 0 Å². The van der Waals surface area contributed by atoms with Gasteiger partial charge in [0.25, 0.3) is 0 Å². The molecule has 0 saturated carbocycles. The Labute approximate surface area is 139 Å². The molecule has 24 heavy (non-hydrogen) atoms.